The molecule has 0 saturated heterocycles. The maximum absolute atomic E-state index is 12.4. The van der Waals surface area contributed by atoms with E-state index in [0.717, 1.165) is 5.69 Å². The van der Waals surface area contributed by atoms with E-state index in [9.17, 15) is 9.59 Å². The molecule has 2 amide bonds. The third kappa shape index (κ3) is 6.31. The van der Waals surface area contributed by atoms with Gasteiger partial charge >= 0.3 is 0 Å². The Labute approximate surface area is 146 Å². The van der Waals surface area contributed by atoms with Gasteiger partial charge in [0.15, 0.2) is 0 Å². The summed E-state index contributed by atoms with van der Waals surface area (Å²) in [4.78, 5) is 32.8. The largest absolute Gasteiger partial charge is 0.396 e. The second kappa shape index (κ2) is 10.1. The van der Waals surface area contributed by atoms with Crippen molar-refractivity contribution in [2.24, 2.45) is 0 Å². The molecule has 132 valence electrons. The Morgan fingerprint density at radius 1 is 1.04 bits per heavy atom. The van der Waals surface area contributed by atoms with Gasteiger partial charge in [-0.3, -0.25) is 19.6 Å². The summed E-state index contributed by atoms with van der Waals surface area (Å²) in [6, 6.07) is 9.79. The third-order valence-corrected chi connectivity index (χ3v) is 3.59. The van der Waals surface area contributed by atoms with Crippen LogP contribution in [0.15, 0.2) is 48.8 Å². The number of hydrogen-bond acceptors (Lipinski definition) is 5. The number of aliphatic hydroxyl groups is 1. The van der Waals surface area contributed by atoms with Gasteiger partial charge in [-0.2, -0.15) is 0 Å². The van der Waals surface area contributed by atoms with Gasteiger partial charge in [-0.05, 0) is 43.5 Å². The molecule has 1 atom stereocenters. The topological polar surface area (TPSA) is 104 Å². The summed E-state index contributed by atoms with van der Waals surface area (Å²) >= 11 is 0. The van der Waals surface area contributed by atoms with Crippen molar-refractivity contribution in [1.29, 1.82) is 0 Å². The van der Waals surface area contributed by atoms with E-state index in [2.05, 4.69) is 20.6 Å². The lowest BCUT2D eigenvalue weighted by Crippen LogP contribution is -2.46. The van der Waals surface area contributed by atoms with Crippen molar-refractivity contribution in [2.45, 2.75) is 31.8 Å². The Kier molecular flexibility index (Phi) is 7.52. The molecule has 2 heterocycles. The maximum atomic E-state index is 12.4. The van der Waals surface area contributed by atoms with Crippen molar-refractivity contribution in [3.8, 4) is 0 Å². The van der Waals surface area contributed by atoms with Crippen LogP contribution < -0.4 is 10.6 Å². The van der Waals surface area contributed by atoms with E-state index in [0.29, 0.717) is 19.3 Å². The standard InChI is InChI=1S/C18H22N4O3/c23-12-6-3-9-16(22-18(25)15-8-2-5-11-20-15)17(24)21-13-14-7-1-4-10-19-14/h1-2,4-5,7-8,10-11,16,23H,3,6,9,12-13H2,(H,21,24)(H,22,25). The van der Waals surface area contributed by atoms with E-state index < -0.39 is 11.9 Å². The second-order valence-corrected chi connectivity index (χ2v) is 5.50. The molecular formula is C18H22N4O3. The van der Waals surface area contributed by atoms with Gasteiger partial charge in [-0.15, -0.1) is 0 Å². The first-order valence-corrected chi connectivity index (χ1v) is 8.21. The van der Waals surface area contributed by atoms with E-state index in [1.165, 1.54) is 6.20 Å². The average Bonchev–Trinajstić information content (AvgIpc) is 2.67. The molecule has 2 rings (SSSR count). The lowest BCUT2D eigenvalue weighted by Gasteiger charge is -2.18. The van der Waals surface area contributed by atoms with Crippen LogP contribution in [0.3, 0.4) is 0 Å². The van der Waals surface area contributed by atoms with Crippen LogP contribution in [-0.4, -0.2) is 39.5 Å². The van der Waals surface area contributed by atoms with E-state index in [-0.39, 0.29) is 24.8 Å². The summed E-state index contributed by atoms with van der Waals surface area (Å²) in [6.45, 7) is 0.339. The number of hydrogen-bond donors (Lipinski definition) is 3. The van der Waals surface area contributed by atoms with Gasteiger partial charge in [0.1, 0.15) is 11.7 Å². The van der Waals surface area contributed by atoms with Crippen LogP contribution in [-0.2, 0) is 11.3 Å². The predicted octanol–water partition coefficient (Wildman–Crippen LogP) is 1.05. The number of nitrogens with one attached hydrogen (secondary N) is 2. The van der Waals surface area contributed by atoms with Gasteiger partial charge in [0.2, 0.25) is 5.91 Å². The Morgan fingerprint density at radius 2 is 1.80 bits per heavy atom. The number of nitrogens with zero attached hydrogens (tertiary/aromatic N) is 2. The molecular weight excluding hydrogens is 320 g/mol. The summed E-state index contributed by atoms with van der Waals surface area (Å²) in [6.07, 6.45) is 4.82. The van der Waals surface area contributed by atoms with E-state index >= 15 is 0 Å². The quantitative estimate of drug-likeness (QED) is 0.591. The molecule has 0 fully saturated rings. The minimum absolute atomic E-state index is 0.0520. The van der Waals surface area contributed by atoms with Gasteiger partial charge < -0.3 is 15.7 Å². The number of carbonyl (C=O) groups is 2. The molecule has 7 nitrogen and oxygen atoms in total. The molecule has 0 spiro atoms. The first-order chi connectivity index (χ1) is 12.2. The molecule has 2 aromatic rings. The summed E-state index contributed by atoms with van der Waals surface area (Å²) in [7, 11) is 0. The molecule has 0 aliphatic carbocycles. The van der Waals surface area contributed by atoms with Crippen LogP contribution in [0.25, 0.3) is 0 Å². The highest BCUT2D eigenvalue weighted by atomic mass is 16.3. The molecule has 25 heavy (non-hydrogen) atoms. The number of aliphatic hydroxyl groups excluding tert-OH is 1. The molecule has 0 bridgehead atoms. The average molecular weight is 342 g/mol. The summed E-state index contributed by atoms with van der Waals surface area (Å²) in [5.74, 6) is -0.685. The van der Waals surface area contributed by atoms with Gasteiger partial charge in [-0.25, -0.2) is 0 Å². The molecule has 2 aromatic heterocycles. The monoisotopic (exact) mass is 342 g/mol. The number of carbonyl (C=O) groups excluding carboxylic acids is 2. The van der Waals surface area contributed by atoms with Gasteiger partial charge in [0.05, 0.1) is 12.2 Å². The number of aromatic nitrogens is 2. The van der Waals surface area contributed by atoms with Crippen molar-refractivity contribution < 1.29 is 14.7 Å². The fourth-order valence-corrected chi connectivity index (χ4v) is 2.26. The lowest BCUT2D eigenvalue weighted by atomic mass is 10.1. The first kappa shape index (κ1) is 18.5. The van der Waals surface area contributed by atoms with Gasteiger partial charge in [0, 0.05) is 19.0 Å². The smallest absolute Gasteiger partial charge is 0.270 e. The number of amides is 2. The maximum Gasteiger partial charge on any atom is 0.270 e. The van der Waals surface area contributed by atoms with E-state index in [1.54, 1.807) is 30.5 Å². The van der Waals surface area contributed by atoms with Crippen molar-refractivity contribution >= 4 is 11.8 Å². The van der Waals surface area contributed by atoms with Crippen LogP contribution in [0.4, 0.5) is 0 Å². The zero-order valence-electron chi connectivity index (χ0n) is 13.9. The minimum Gasteiger partial charge on any atom is -0.396 e. The summed E-state index contributed by atoms with van der Waals surface area (Å²) in [5, 5.41) is 14.4. The SMILES string of the molecule is O=C(NC(CCCCO)C(=O)NCc1ccccn1)c1ccccn1. The minimum atomic E-state index is -0.690. The highest BCUT2D eigenvalue weighted by Crippen LogP contribution is 2.04. The van der Waals surface area contributed by atoms with Crippen LogP contribution in [0.5, 0.6) is 0 Å². The summed E-state index contributed by atoms with van der Waals surface area (Å²) in [5.41, 5.74) is 0.994. The molecule has 0 radical (unpaired) electrons. The molecule has 3 N–H and O–H groups in total. The van der Waals surface area contributed by atoms with Gasteiger partial charge in [0.25, 0.3) is 5.91 Å². The van der Waals surface area contributed by atoms with Crippen molar-refractivity contribution in [1.82, 2.24) is 20.6 Å². The highest BCUT2D eigenvalue weighted by molar-refractivity contribution is 5.96. The number of rotatable bonds is 9. The molecule has 0 aliphatic heterocycles. The molecule has 0 saturated carbocycles. The Hall–Kier alpha value is -2.80. The second-order valence-electron chi connectivity index (χ2n) is 5.50. The van der Waals surface area contributed by atoms with Crippen LogP contribution in [0, 0.1) is 0 Å². The number of pyridine rings is 2. The predicted molar refractivity (Wildman–Crippen MR) is 92.5 cm³/mol. The summed E-state index contributed by atoms with van der Waals surface area (Å²) < 4.78 is 0. The molecule has 7 heteroatoms. The zero-order valence-corrected chi connectivity index (χ0v) is 13.9. The zero-order chi connectivity index (χ0) is 17.9. The van der Waals surface area contributed by atoms with E-state index in [1.807, 2.05) is 12.1 Å². The molecule has 0 aliphatic rings. The fourth-order valence-electron chi connectivity index (χ4n) is 2.26. The van der Waals surface area contributed by atoms with Crippen molar-refractivity contribution in [3.05, 3.63) is 60.2 Å². The number of unbranched alkanes of at least 4 members (excludes halogenated alkanes) is 1. The van der Waals surface area contributed by atoms with Gasteiger partial charge in [-0.1, -0.05) is 12.1 Å². The molecule has 0 aromatic carbocycles. The fraction of sp³-hybridized carbons (Fsp3) is 0.333. The Balaban J connectivity index is 1.96. The van der Waals surface area contributed by atoms with Crippen LogP contribution >= 0.6 is 0 Å². The Bertz CT molecular complexity index is 665. The molecule has 1 unspecified atom stereocenters. The van der Waals surface area contributed by atoms with Crippen LogP contribution in [0.2, 0.25) is 0 Å². The Morgan fingerprint density at radius 3 is 2.44 bits per heavy atom. The van der Waals surface area contributed by atoms with E-state index in [4.69, 9.17) is 5.11 Å². The normalized spacial score (nSPS) is 11.6. The van der Waals surface area contributed by atoms with Crippen molar-refractivity contribution in [3.63, 3.8) is 0 Å². The van der Waals surface area contributed by atoms with Crippen LogP contribution in [0.1, 0.15) is 35.4 Å². The highest BCUT2D eigenvalue weighted by Gasteiger charge is 2.21. The first-order valence-electron chi connectivity index (χ1n) is 8.21. The third-order valence-electron chi connectivity index (χ3n) is 3.59. The van der Waals surface area contributed by atoms with Crippen molar-refractivity contribution in [2.75, 3.05) is 6.61 Å². The lowest BCUT2D eigenvalue weighted by molar-refractivity contribution is -0.123.